The Morgan fingerprint density at radius 2 is 1.87 bits per heavy atom. The molecule has 1 aromatic heterocycles. The highest BCUT2D eigenvalue weighted by Gasteiger charge is 2.22. The van der Waals surface area contributed by atoms with Crippen LogP contribution < -0.4 is 4.90 Å². The van der Waals surface area contributed by atoms with Gasteiger partial charge in [0.2, 0.25) is 17.6 Å². The molecule has 0 spiro atoms. The van der Waals surface area contributed by atoms with Gasteiger partial charge in [0.05, 0.1) is 0 Å². The fourth-order valence-corrected chi connectivity index (χ4v) is 3.94. The van der Waals surface area contributed by atoms with Crippen LogP contribution in [0.5, 0.6) is 0 Å². The van der Waals surface area contributed by atoms with Crippen molar-refractivity contribution in [3.05, 3.63) is 64.5 Å². The van der Waals surface area contributed by atoms with Crippen LogP contribution in [0.4, 0.5) is 5.69 Å². The summed E-state index contributed by atoms with van der Waals surface area (Å²) in [7, 11) is 0. The van der Waals surface area contributed by atoms with Gasteiger partial charge in [0, 0.05) is 55.3 Å². The van der Waals surface area contributed by atoms with Gasteiger partial charge in [0.1, 0.15) is 0 Å². The zero-order chi connectivity index (χ0) is 21.1. The maximum absolute atomic E-state index is 12.7. The second-order valence-electron chi connectivity index (χ2n) is 7.61. The van der Waals surface area contributed by atoms with Gasteiger partial charge in [-0.25, -0.2) is 0 Å². The largest absolute Gasteiger partial charge is 0.368 e. The average Bonchev–Trinajstić information content (AvgIpc) is 3.23. The number of rotatable bonds is 5. The Balaban J connectivity index is 1.30. The highest BCUT2D eigenvalue weighted by atomic mass is 35.5. The first-order valence-corrected chi connectivity index (χ1v) is 10.6. The number of halogens is 1. The summed E-state index contributed by atoms with van der Waals surface area (Å²) in [4.78, 5) is 21.3. The van der Waals surface area contributed by atoms with Crippen molar-refractivity contribution >= 4 is 23.2 Å². The molecule has 156 valence electrons. The van der Waals surface area contributed by atoms with E-state index in [0.29, 0.717) is 29.6 Å². The number of benzene rings is 2. The summed E-state index contributed by atoms with van der Waals surface area (Å²) in [5.74, 6) is 1.08. The lowest BCUT2D eigenvalue weighted by Crippen LogP contribution is -2.49. The minimum absolute atomic E-state index is 0.123. The number of hydrogen-bond donors (Lipinski definition) is 0. The van der Waals surface area contributed by atoms with E-state index in [2.05, 4.69) is 47.1 Å². The van der Waals surface area contributed by atoms with Crippen molar-refractivity contribution in [2.45, 2.75) is 26.7 Å². The van der Waals surface area contributed by atoms with Crippen LogP contribution in [-0.4, -0.2) is 47.1 Å². The van der Waals surface area contributed by atoms with Gasteiger partial charge in [-0.3, -0.25) is 4.79 Å². The third-order valence-electron chi connectivity index (χ3n) is 5.65. The molecule has 0 saturated carbocycles. The van der Waals surface area contributed by atoms with Gasteiger partial charge in [-0.1, -0.05) is 41.0 Å². The normalized spacial score (nSPS) is 14.2. The van der Waals surface area contributed by atoms with Gasteiger partial charge in [-0.15, -0.1) is 0 Å². The second kappa shape index (κ2) is 8.88. The monoisotopic (exact) mass is 424 g/mol. The number of aryl methyl sites for hydroxylation is 2. The van der Waals surface area contributed by atoms with Crippen LogP contribution in [0.15, 0.2) is 47.0 Å². The third kappa shape index (κ3) is 4.49. The van der Waals surface area contributed by atoms with Crippen LogP contribution in [-0.2, 0) is 11.2 Å². The van der Waals surface area contributed by atoms with Crippen molar-refractivity contribution in [1.82, 2.24) is 15.0 Å². The van der Waals surface area contributed by atoms with Crippen LogP contribution in [0, 0.1) is 13.8 Å². The van der Waals surface area contributed by atoms with E-state index in [9.17, 15) is 4.79 Å². The van der Waals surface area contributed by atoms with E-state index >= 15 is 0 Å². The van der Waals surface area contributed by atoms with Crippen LogP contribution in [0.2, 0.25) is 5.02 Å². The fraction of sp³-hybridized carbons (Fsp3) is 0.348. The zero-order valence-electron chi connectivity index (χ0n) is 17.3. The van der Waals surface area contributed by atoms with Crippen molar-refractivity contribution < 1.29 is 9.32 Å². The number of nitrogens with zero attached hydrogens (tertiary/aromatic N) is 4. The molecule has 0 radical (unpaired) electrons. The number of carbonyl (C=O) groups is 1. The molecule has 0 bridgehead atoms. The molecule has 0 N–H and O–H groups in total. The predicted octanol–water partition coefficient (Wildman–Crippen LogP) is 4.29. The fourth-order valence-electron chi connectivity index (χ4n) is 3.75. The summed E-state index contributed by atoms with van der Waals surface area (Å²) in [6.45, 7) is 7.43. The molecule has 2 aromatic carbocycles. The van der Waals surface area contributed by atoms with Gasteiger partial charge in [0.15, 0.2) is 0 Å². The molecule has 30 heavy (non-hydrogen) atoms. The lowest BCUT2D eigenvalue weighted by atomic mass is 10.1. The Hall–Kier alpha value is -2.86. The molecule has 6 nitrogen and oxygen atoms in total. The number of carbonyl (C=O) groups excluding carboxylic acids is 1. The first-order valence-electron chi connectivity index (χ1n) is 10.2. The average molecular weight is 425 g/mol. The maximum atomic E-state index is 12.7. The van der Waals surface area contributed by atoms with Crippen LogP contribution in [0.25, 0.3) is 11.4 Å². The molecule has 1 amide bonds. The van der Waals surface area contributed by atoms with Crippen molar-refractivity contribution in [2.24, 2.45) is 0 Å². The number of hydrogen-bond acceptors (Lipinski definition) is 5. The molecule has 1 aliphatic heterocycles. The van der Waals surface area contributed by atoms with Gasteiger partial charge < -0.3 is 14.3 Å². The van der Waals surface area contributed by atoms with E-state index in [1.54, 1.807) is 12.1 Å². The topological polar surface area (TPSA) is 62.5 Å². The molecule has 1 saturated heterocycles. The SMILES string of the molecule is Cc1cccc(N2CCN(C(=O)CCc3nc(-c4cccc(Cl)c4)no3)CC2)c1C. The first-order chi connectivity index (χ1) is 14.5. The number of anilines is 1. The molecule has 7 heteroatoms. The number of amides is 1. The molecular weight excluding hydrogens is 400 g/mol. The predicted molar refractivity (Wildman–Crippen MR) is 118 cm³/mol. The van der Waals surface area contributed by atoms with Crippen LogP contribution >= 0.6 is 11.6 Å². The number of piperazine rings is 1. The summed E-state index contributed by atoms with van der Waals surface area (Å²) in [6.07, 6.45) is 0.796. The maximum Gasteiger partial charge on any atom is 0.227 e. The van der Waals surface area contributed by atoms with E-state index in [0.717, 1.165) is 31.7 Å². The summed E-state index contributed by atoms with van der Waals surface area (Å²) < 4.78 is 5.31. The Morgan fingerprint density at radius 1 is 1.10 bits per heavy atom. The molecular formula is C23H25ClN4O2. The van der Waals surface area contributed by atoms with Crippen molar-refractivity contribution in [3.8, 4) is 11.4 Å². The molecule has 2 heterocycles. The minimum atomic E-state index is 0.123. The van der Waals surface area contributed by atoms with Gasteiger partial charge in [0.25, 0.3) is 0 Å². The van der Waals surface area contributed by atoms with Crippen LogP contribution in [0.3, 0.4) is 0 Å². The molecule has 0 unspecified atom stereocenters. The molecule has 1 fully saturated rings. The Kier molecular flexibility index (Phi) is 6.04. The zero-order valence-corrected chi connectivity index (χ0v) is 18.0. The summed E-state index contributed by atoms with van der Waals surface area (Å²) in [6, 6.07) is 13.7. The van der Waals surface area contributed by atoms with Gasteiger partial charge >= 0.3 is 0 Å². The third-order valence-corrected chi connectivity index (χ3v) is 5.89. The molecule has 4 rings (SSSR count). The Labute approximate surface area is 181 Å². The van der Waals surface area contributed by atoms with Gasteiger partial charge in [-0.2, -0.15) is 4.98 Å². The number of aromatic nitrogens is 2. The second-order valence-corrected chi connectivity index (χ2v) is 8.05. The first kappa shape index (κ1) is 20.4. The van der Waals surface area contributed by atoms with Crippen LogP contribution in [0.1, 0.15) is 23.4 Å². The summed E-state index contributed by atoms with van der Waals surface area (Å²) in [5.41, 5.74) is 4.67. The molecule has 0 aliphatic carbocycles. The van der Waals surface area contributed by atoms with Crippen molar-refractivity contribution in [2.75, 3.05) is 31.1 Å². The van der Waals surface area contributed by atoms with E-state index < -0.39 is 0 Å². The Bertz CT molecular complexity index is 1040. The summed E-state index contributed by atoms with van der Waals surface area (Å²) in [5, 5.41) is 4.62. The van der Waals surface area contributed by atoms with Gasteiger partial charge in [-0.05, 0) is 43.2 Å². The standard InChI is InChI=1S/C23H25ClN4O2/c1-16-5-3-8-20(17(16)2)27-11-13-28(14-12-27)22(29)10-9-21-25-23(26-30-21)18-6-4-7-19(24)15-18/h3-8,15H,9-14H2,1-2H3. The van der Waals surface area contributed by atoms with E-state index in [-0.39, 0.29) is 5.91 Å². The smallest absolute Gasteiger partial charge is 0.227 e. The van der Waals surface area contributed by atoms with E-state index in [4.69, 9.17) is 16.1 Å². The highest BCUT2D eigenvalue weighted by molar-refractivity contribution is 6.30. The highest BCUT2D eigenvalue weighted by Crippen LogP contribution is 2.24. The van der Waals surface area contributed by atoms with Crippen molar-refractivity contribution in [3.63, 3.8) is 0 Å². The summed E-state index contributed by atoms with van der Waals surface area (Å²) >= 11 is 6.02. The molecule has 3 aromatic rings. The quantitative estimate of drug-likeness (QED) is 0.611. The lowest BCUT2D eigenvalue weighted by Gasteiger charge is -2.37. The van der Waals surface area contributed by atoms with E-state index in [1.165, 1.54) is 16.8 Å². The van der Waals surface area contributed by atoms with E-state index in [1.807, 2.05) is 17.0 Å². The van der Waals surface area contributed by atoms with Crippen molar-refractivity contribution in [1.29, 1.82) is 0 Å². The lowest BCUT2D eigenvalue weighted by molar-refractivity contribution is -0.131. The molecule has 0 atom stereocenters. The Morgan fingerprint density at radius 3 is 2.63 bits per heavy atom. The molecule has 1 aliphatic rings. The minimum Gasteiger partial charge on any atom is -0.368 e.